The van der Waals surface area contributed by atoms with Gasteiger partial charge in [0.15, 0.2) is 0 Å². The van der Waals surface area contributed by atoms with Gasteiger partial charge in [-0.3, -0.25) is 0 Å². The second-order valence-corrected chi connectivity index (χ2v) is 45.9. The SMILES string of the molecule is C[Si](C)(c1ccccc1)c1cc2c(OCc3ccccc3)c(c1)Cc1cc([Si](C)(C)c3ccccc3)cc(c1OCc1ccccc1)Cc1cc([Si](C)(C)c3ccccc3)cc(c1OCc1ccccc1)Cc1cc([Si](C)(C)c3ccccc3)cc(c1OCc1ccccc1)C2. The van der Waals surface area contributed by atoms with Crippen molar-refractivity contribution in [2.45, 2.75) is 104 Å². The van der Waals surface area contributed by atoms with E-state index in [9.17, 15) is 0 Å². The van der Waals surface area contributed by atoms with Crippen molar-refractivity contribution in [2.75, 3.05) is 0 Å². The minimum absolute atomic E-state index is 0.401. The lowest BCUT2D eigenvalue weighted by molar-refractivity contribution is 0.293. The molecule has 0 aliphatic heterocycles. The van der Waals surface area contributed by atoms with Crippen LogP contribution in [0.5, 0.6) is 23.0 Å². The monoisotopic (exact) mass is 1320 g/mol. The molecule has 13 rings (SSSR count). The van der Waals surface area contributed by atoms with Gasteiger partial charge in [-0.25, -0.2) is 0 Å². The highest BCUT2D eigenvalue weighted by Crippen LogP contribution is 2.41. The van der Waals surface area contributed by atoms with Crippen LogP contribution in [0, 0.1) is 0 Å². The van der Waals surface area contributed by atoms with E-state index in [0.29, 0.717) is 52.1 Å². The van der Waals surface area contributed by atoms with Gasteiger partial charge in [-0.15, -0.1) is 0 Å². The second-order valence-electron chi connectivity index (χ2n) is 28.3. The Bertz CT molecular complexity index is 3920. The fourth-order valence-corrected chi connectivity index (χ4v) is 23.8. The van der Waals surface area contributed by atoms with Crippen LogP contribution in [0.25, 0.3) is 0 Å². The topological polar surface area (TPSA) is 36.9 Å². The molecule has 12 aromatic rings. The molecule has 1 aliphatic carbocycles. The minimum atomic E-state index is -2.45. The third-order valence-electron chi connectivity index (χ3n) is 20.3. The lowest BCUT2D eigenvalue weighted by Gasteiger charge is -2.31. The fraction of sp³-hybridized carbons (Fsp3) is 0.182. The van der Waals surface area contributed by atoms with Gasteiger partial charge in [-0.05, 0) is 66.8 Å². The molecule has 0 saturated carbocycles. The molecule has 4 nitrogen and oxygen atoms in total. The second kappa shape index (κ2) is 28.6. The van der Waals surface area contributed by atoms with Crippen molar-refractivity contribution in [3.63, 3.8) is 0 Å². The average Bonchev–Trinajstić information content (AvgIpc) is 0.773. The highest BCUT2D eigenvalue weighted by Gasteiger charge is 2.36. The average molecular weight is 1320 g/mol. The standard InChI is InChI=1S/C88H88O4Si4/c1-93(2,77-41-25-13-26-42-77)81-53-69-49-71-55-82(94(3,4)78-43-27-14-28-44-78)57-73(86(71)90-62-66-35-19-10-20-36-66)51-75-59-84(96(7,8)80-47-31-16-32-48-80)60-76(88(75)92-64-68-39-23-12-24-40-68)52-74-58-83(95(5,6)79-45-29-15-30-46-79)56-72(87(74)91-63-67-37-21-11-22-38-67)50-70(54-81)85(69)89-61-65-33-17-9-18-34-65/h9-48,53-60H,49-52,61-64H2,1-8H3. The zero-order valence-electron chi connectivity index (χ0n) is 57.0. The smallest absolute Gasteiger partial charge is 0.126 e. The van der Waals surface area contributed by atoms with Crippen molar-refractivity contribution in [1.82, 2.24) is 0 Å². The van der Waals surface area contributed by atoms with E-state index in [0.717, 1.165) is 89.8 Å². The molecule has 0 heterocycles. The lowest BCUT2D eigenvalue weighted by atomic mass is 9.91. The maximum atomic E-state index is 7.62. The molecule has 0 fully saturated rings. The summed E-state index contributed by atoms with van der Waals surface area (Å²) < 4.78 is 30.5. The van der Waals surface area contributed by atoms with E-state index < -0.39 is 32.3 Å². The summed E-state index contributed by atoms with van der Waals surface area (Å²) in [5, 5.41) is 10.9. The van der Waals surface area contributed by atoms with Crippen molar-refractivity contribution >= 4 is 73.8 Å². The van der Waals surface area contributed by atoms with Crippen molar-refractivity contribution in [3.05, 3.63) is 358 Å². The largest absolute Gasteiger partial charge is 0.488 e. The van der Waals surface area contributed by atoms with Crippen LogP contribution < -0.4 is 60.4 Å². The summed E-state index contributed by atoms with van der Waals surface area (Å²) in [6, 6.07) is 108. The molecule has 8 heteroatoms. The third kappa shape index (κ3) is 14.4. The van der Waals surface area contributed by atoms with E-state index >= 15 is 0 Å². The Kier molecular flexibility index (Phi) is 19.5. The molecule has 0 N–H and O–H groups in total. The molecule has 0 saturated heterocycles. The van der Waals surface area contributed by atoms with Crippen LogP contribution in [0.4, 0.5) is 0 Å². The normalized spacial score (nSPS) is 12.6. The Morgan fingerprint density at radius 3 is 0.500 bits per heavy atom. The van der Waals surface area contributed by atoms with Crippen LogP contribution in [0.3, 0.4) is 0 Å². The number of rotatable bonds is 20. The molecular formula is C88H88O4Si4. The van der Waals surface area contributed by atoms with Crippen LogP contribution in [-0.4, -0.2) is 32.3 Å². The summed E-state index contributed by atoms with van der Waals surface area (Å²) in [5.41, 5.74) is 13.6. The third-order valence-corrected chi connectivity index (χ3v) is 34.3. The van der Waals surface area contributed by atoms with Gasteiger partial charge < -0.3 is 18.9 Å². The number of benzene rings is 12. The molecule has 0 radical (unpaired) electrons. The van der Waals surface area contributed by atoms with Crippen molar-refractivity contribution in [2.24, 2.45) is 0 Å². The van der Waals surface area contributed by atoms with Crippen molar-refractivity contribution < 1.29 is 18.9 Å². The summed E-state index contributed by atoms with van der Waals surface area (Å²) in [6.45, 7) is 21.8. The molecule has 0 spiro atoms. The molecule has 96 heavy (non-hydrogen) atoms. The Morgan fingerprint density at radius 2 is 0.344 bits per heavy atom. The van der Waals surface area contributed by atoms with Gasteiger partial charge in [0.25, 0.3) is 0 Å². The van der Waals surface area contributed by atoms with E-state index in [1.54, 1.807) is 0 Å². The molecule has 0 amide bonds. The van der Waals surface area contributed by atoms with Gasteiger partial charge in [0.1, 0.15) is 81.7 Å². The number of ether oxygens (including phenoxy) is 4. The molecule has 12 aromatic carbocycles. The molecule has 1 aliphatic rings. The summed E-state index contributed by atoms with van der Waals surface area (Å²) in [7, 11) is -9.79. The van der Waals surface area contributed by atoms with Crippen molar-refractivity contribution in [3.8, 4) is 23.0 Å². The van der Waals surface area contributed by atoms with Gasteiger partial charge in [0.2, 0.25) is 0 Å². The van der Waals surface area contributed by atoms with Gasteiger partial charge in [0, 0.05) is 25.7 Å². The van der Waals surface area contributed by atoms with Crippen LogP contribution >= 0.6 is 0 Å². The van der Waals surface area contributed by atoms with E-state index in [2.05, 4.69) is 344 Å². The van der Waals surface area contributed by atoms with E-state index in [1.165, 1.54) is 41.5 Å². The Labute approximate surface area is 574 Å². The maximum absolute atomic E-state index is 7.62. The summed E-state index contributed by atoms with van der Waals surface area (Å²) in [5.74, 6) is 3.64. The molecular weight excluding hydrogens is 1230 g/mol. The van der Waals surface area contributed by atoms with E-state index in [4.69, 9.17) is 18.9 Å². The zero-order valence-corrected chi connectivity index (χ0v) is 61.0. The Balaban J connectivity index is 1.16. The summed E-state index contributed by atoms with van der Waals surface area (Å²) in [6.07, 6.45) is 2.23. The fourth-order valence-electron chi connectivity index (χ4n) is 14.1. The first-order valence-electron chi connectivity index (χ1n) is 34.1. The van der Waals surface area contributed by atoms with Crippen LogP contribution in [0.1, 0.15) is 66.8 Å². The maximum Gasteiger partial charge on any atom is 0.126 e. The van der Waals surface area contributed by atoms with Crippen molar-refractivity contribution in [1.29, 1.82) is 0 Å². The number of hydrogen-bond acceptors (Lipinski definition) is 4. The highest BCUT2D eigenvalue weighted by atomic mass is 28.3. The Morgan fingerprint density at radius 1 is 0.198 bits per heavy atom. The van der Waals surface area contributed by atoms with Gasteiger partial charge in [-0.1, -0.05) is 385 Å². The van der Waals surface area contributed by atoms with Gasteiger partial charge >= 0.3 is 0 Å². The molecule has 8 bridgehead atoms. The van der Waals surface area contributed by atoms with Gasteiger partial charge in [-0.2, -0.15) is 0 Å². The Hall–Kier alpha value is -9.29. The van der Waals surface area contributed by atoms with Crippen LogP contribution in [0.15, 0.2) is 291 Å². The highest BCUT2D eigenvalue weighted by molar-refractivity contribution is 7.02. The predicted octanol–water partition coefficient (Wildman–Crippen LogP) is 16.0. The molecule has 0 unspecified atom stereocenters. The van der Waals surface area contributed by atoms with E-state index in [1.807, 2.05) is 0 Å². The summed E-state index contributed by atoms with van der Waals surface area (Å²) in [4.78, 5) is 0. The quantitative estimate of drug-likeness (QED) is 0.0713. The lowest BCUT2D eigenvalue weighted by Crippen LogP contribution is -2.53. The molecule has 0 atom stereocenters. The van der Waals surface area contributed by atoms with Crippen LogP contribution in [-0.2, 0) is 52.1 Å². The summed E-state index contributed by atoms with van der Waals surface area (Å²) >= 11 is 0. The van der Waals surface area contributed by atoms with Crippen LogP contribution in [0.2, 0.25) is 52.4 Å². The van der Waals surface area contributed by atoms with Gasteiger partial charge in [0.05, 0.1) is 0 Å². The zero-order chi connectivity index (χ0) is 66.3. The minimum Gasteiger partial charge on any atom is -0.488 e. The molecule has 0 aromatic heterocycles. The predicted molar refractivity (Wildman–Crippen MR) is 413 cm³/mol. The molecule has 480 valence electrons. The number of hydrogen-bond donors (Lipinski definition) is 0. The number of fused-ring (bicyclic) bond motifs is 8. The van der Waals surface area contributed by atoms with E-state index in [-0.39, 0.29) is 0 Å². The first kappa shape index (κ1) is 65.4. The first-order chi connectivity index (χ1) is 46.6. The first-order valence-corrected chi connectivity index (χ1v) is 46.1.